The number of ether oxygens (including phenoxy) is 1. The van der Waals surface area contributed by atoms with E-state index in [1.54, 1.807) is 12.0 Å². The molecule has 0 saturated carbocycles. The summed E-state index contributed by atoms with van der Waals surface area (Å²) in [5.41, 5.74) is 2.95. The van der Waals surface area contributed by atoms with Crippen LogP contribution in [0.5, 0.6) is 5.75 Å². The molecule has 2 heterocycles. The molecule has 2 amide bonds. The molecule has 132 valence electrons. The van der Waals surface area contributed by atoms with Crippen LogP contribution in [0.15, 0.2) is 36.4 Å². The van der Waals surface area contributed by atoms with E-state index >= 15 is 0 Å². The third kappa shape index (κ3) is 3.52. The molecule has 1 atom stereocenters. The number of nitrogens with zero attached hydrogens (tertiary/aromatic N) is 2. The number of aromatic nitrogens is 1. The van der Waals surface area contributed by atoms with Gasteiger partial charge in [-0.15, -0.1) is 0 Å². The topological polar surface area (TPSA) is 63.6 Å². The Morgan fingerprint density at radius 3 is 2.80 bits per heavy atom. The van der Waals surface area contributed by atoms with E-state index in [1.807, 2.05) is 54.9 Å². The number of methoxy groups -OCH3 is 1. The van der Waals surface area contributed by atoms with Crippen LogP contribution in [0.25, 0.3) is 0 Å². The molecule has 0 spiro atoms. The maximum atomic E-state index is 12.5. The number of benzene rings is 1. The van der Waals surface area contributed by atoms with Gasteiger partial charge in [-0.05, 0) is 31.2 Å². The van der Waals surface area contributed by atoms with Crippen molar-refractivity contribution in [1.82, 2.24) is 9.88 Å². The van der Waals surface area contributed by atoms with Gasteiger partial charge in [0.05, 0.1) is 19.6 Å². The van der Waals surface area contributed by atoms with Gasteiger partial charge < -0.3 is 19.5 Å². The first kappa shape index (κ1) is 17.1. The summed E-state index contributed by atoms with van der Waals surface area (Å²) >= 11 is 0. The van der Waals surface area contributed by atoms with E-state index in [-0.39, 0.29) is 24.2 Å². The smallest absolute Gasteiger partial charge is 0.227 e. The zero-order chi connectivity index (χ0) is 18.0. The molecule has 6 heteroatoms. The number of anilines is 1. The summed E-state index contributed by atoms with van der Waals surface area (Å²) < 4.78 is 7.25. The quantitative estimate of drug-likeness (QED) is 0.905. The van der Waals surface area contributed by atoms with Gasteiger partial charge in [-0.2, -0.15) is 0 Å². The average molecular weight is 341 g/mol. The molecule has 25 heavy (non-hydrogen) atoms. The highest BCUT2D eigenvalue weighted by Gasteiger charge is 2.35. The Morgan fingerprint density at radius 1 is 1.32 bits per heavy atom. The van der Waals surface area contributed by atoms with Crippen molar-refractivity contribution in [2.45, 2.75) is 19.9 Å². The van der Waals surface area contributed by atoms with Crippen LogP contribution in [0.1, 0.15) is 17.8 Å². The number of carbonyl (C=O) groups excluding carboxylic acids is 2. The summed E-state index contributed by atoms with van der Waals surface area (Å²) in [6.07, 6.45) is 0.231. The molecule has 1 fully saturated rings. The predicted octanol–water partition coefficient (Wildman–Crippen LogP) is 2.01. The van der Waals surface area contributed by atoms with Gasteiger partial charge in [-0.3, -0.25) is 9.59 Å². The SMILES string of the molecule is COc1cccc(N2C[C@H](C(=O)NCc3ccc(C)n3C)CC2=O)c1. The highest BCUT2D eigenvalue weighted by molar-refractivity contribution is 6.00. The number of nitrogens with one attached hydrogen (secondary N) is 1. The number of hydrogen-bond donors (Lipinski definition) is 1. The van der Waals surface area contributed by atoms with E-state index in [9.17, 15) is 9.59 Å². The second-order valence-electron chi connectivity index (χ2n) is 6.35. The van der Waals surface area contributed by atoms with Gasteiger partial charge in [-0.25, -0.2) is 0 Å². The van der Waals surface area contributed by atoms with Gasteiger partial charge in [0.2, 0.25) is 11.8 Å². The van der Waals surface area contributed by atoms with Crippen LogP contribution < -0.4 is 15.0 Å². The first-order valence-corrected chi connectivity index (χ1v) is 8.33. The summed E-state index contributed by atoms with van der Waals surface area (Å²) in [5, 5.41) is 2.95. The third-order valence-corrected chi connectivity index (χ3v) is 4.78. The molecule has 1 aliphatic rings. The van der Waals surface area contributed by atoms with Crippen molar-refractivity contribution in [3.8, 4) is 5.75 Å². The van der Waals surface area contributed by atoms with E-state index in [4.69, 9.17) is 4.74 Å². The summed E-state index contributed by atoms with van der Waals surface area (Å²) in [6, 6.07) is 11.4. The third-order valence-electron chi connectivity index (χ3n) is 4.78. The summed E-state index contributed by atoms with van der Waals surface area (Å²) in [4.78, 5) is 26.4. The Labute approximate surface area is 147 Å². The van der Waals surface area contributed by atoms with Crippen molar-refractivity contribution in [2.75, 3.05) is 18.6 Å². The van der Waals surface area contributed by atoms with Gasteiger partial charge in [0, 0.05) is 43.2 Å². The van der Waals surface area contributed by atoms with E-state index < -0.39 is 0 Å². The number of rotatable bonds is 5. The normalized spacial score (nSPS) is 17.0. The lowest BCUT2D eigenvalue weighted by atomic mass is 10.1. The van der Waals surface area contributed by atoms with E-state index in [0.717, 1.165) is 17.1 Å². The lowest BCUT2D eigenvalue weighted by Crippen LogP contribution is -2.33. The fraction of sp³-hybridized carbons (Fsp3) is 0.368. The Balaban J connectivity index is 1.63. The summed E-state index contributed by atoms with van der Waals surface area (Å²) in [7, 11) is 3.56. The molecule has 0 aliphatic carbocycles. The number of aryl methyl sites for hydroxylation is 1. The fourth-order valence-electron chi connectivity index (χ4n) is 3.08. The molecule has 1 aromatic carbocycles. The Hall–Kier alpha value is -2.76. The highest BCUT2D eigenvalue weighted by Crippen LogP contribution is 2.28. The minimum atomic E-state index is -0.333. The maximum absolute atomic E-state index is 12.5. The van der Waals surface area contributed by atoms with Gasteiger partial charge in [0.1, 0.15) is 5.75 Å². The lowest BCUT2D eigenvalue weighted by molar-refractivity contribution is -0.126. The summed E-state index contributed by atoms with van der Waals surface area (Å²) in [5.74, 6) is 0.234. The largest absolute Gasteiger partial charge is 0.497 e. The first-order valence-electron chi connectivity index (χ1n) is 8.33. The highest BCUT2D eigenvalue weighted by atomic mass is 16.5. The van der Waals surface area contributed by atoms with Crippen LogP contribution in [0.4, 0.5) is 5.69 Å². The monoisotopic (exact) mass is 341 g/mol. The van der Waals surface area contributed by atoms with Crippen LogP contribution in [0.2, 0.25) is 0 Å². The molecule has 6 nitrogen and oxygen atoms in total. The van der Waals surface area contributed by atoms with E-state index in [1.165, 1.54) is 0 Å². The molecule has 3 rings (SSSR count). The van der Waals surface area contributed by atoms with Gasteiger partial charge in [-0.1, -0.05) is 6.07 Å². The van der Waals surface area contributed by atoms with Crippen molar-refractivity contribution in [1.29, 1.82) is 0 Å². The van der Waals surface area contributed by atoms with Crippen molar-refractivity contribution in [3.05, 3.63) is 47.8 Å². The van der Waals surface area contributed by atoms with Crippen LogP contribution in [-0.2, 0) is 23.2 Å². The Kier molecular flexibility index (Phi) is 4.79. The number of carbonyl (C=O) groups is 2. The molecule has 0 radical (unpaired) electrons. The van der Waals surface area contributed by atoms with Crippen molar-refractivity contribution in [2.24, 2.45) is 13.0 Å². The minimum absolute atomic E-state index is 0.0388. The molecule has 1 aliphatic heterocycles. The number of hydrogen-bond acceptors (Lipinski definition) is 3. The van der Waals surface area contributed by atoms with Crippen molar-refractivity contribution >= 4 is 17.5 Å². The second kappa shape index (κ2) is 7.01. The van der Waals surface area contributed by atoms with Crippen molar-refractivity contribution < 1.29 is 14.3 Å². The van der Waals surface area contributed by atoms with Crippen LogP contribution in [0, 0.1) is 12.8 Å². The van der Waals surface area contributed by atoms with Crippen LogP contribution in [0.3, 0.4) is 0 Å². The fourth-order valence-corrected chi connectivity index (χ4v) is 3.08. The number of amides is 2. The van der Waals surface area contributed by atoms with Gasteiger partial charge >= 0.3 is 0 Å². The molecule has 0 bridgehead atoms. The molecule has 0 unspecified atom stereocenters. The molecule has 1 aromatic heterocycles. The van der Waals surface area contributed by atoms with Crippen LogP contribution >= 0.6 is 0 Å². The standard InChI is InChI=1S/C19H23N3O3/c1-13-7-8-16(21(13)2)11-20-19(24)14-9-18(23)22(12-14)15-5-4-6-17(10-15)25-3/h4-8,10,14H,9,11-12H2,1-3H3,(H,20,24)/t14-/m1/s1. The predicted molar refractivity (Wildman–Crippen MR) is 95.5 cm³/mol. The van der Waals surface area contributed by atoms with Gasteiger partial charge in [0.15, 0.2) is 0 Å². The maximum Gasteiger partial charge on any atom is 0.227 e. The molecule has 2 aromatic rings. The Bertz CT molecular complexity index is 797. The molecular formula is C19H23N3O3. The lowest BCUT2D eigenvalue weighted by Gasteiger charge is -2.17. The average Bonchev–Trinajstić information content (AvgIpc) is 3.16. The Morgan fingerprint density at radius 2 is 2.12 bits per heavy atom. The van der Waals surface area contributed by atoms with E-state index in [0.29, 0.717) is 18.8 Å². The molecule has 1 N–H and O–H groups in total. The van der Waals surface area contributed by atoms with Gasteiger partial charge in [0.25, 0.3) is 0 Å². The molecular weight excluding hydrogens is 318 g/mol. The zero-order valence-corrected chi connectivity index (χ0v) is 14.8. The van der Waals surface area contributed by atoms with E-state index in [2.05, 4.69) is 5.32 Å². The van der Waals surface area contributed by atoms with Crippen molar-refractivity contribution in [3.63, 3.8) is 0 Å². The molecule has 1 saturated heterocycles. The summed E-state index contributed by atoms with van der Waals surface area (Å²) in [6.45, 7) is 2.88. The second-order valence-corrected chi connectivity index (χ2v) is 6.35. The minimum Gasteiger partial charge on any atom is -0.497 e. The van der Waals surface area contributed by atoms with Crippen LogP contribution in [-0.4, -0.2) is 30.0 Å². The first-order chi connectivity index (χ1) is 12.0. The zero-order valence-electron chi connectivity index (χ0n) is 14.8.